The van der Waals surface area contributed by atoms with Gasteiger partial charge in [0.05, 0.1) is 0 Å². The van der Waals surface area contributed by atoms with Crippen molar-refractivity contribution < 1.29 is 72.5 Å². The molecule has 4 N–H and O–H groups in total. The third-order valence-electron chi connectivity index (χ3n) is 0. The second kappa shape index (κ2) is 5.93. The van der Waals surface area contributed by atoms with Gasteiger partial charge in [0, 0.05) is 22.4 Å². The van der Waals surface area contributed by atoms with Crippen LogP contribution in [0.3, 0.4) is 0 Å². The molecule has 0 aromatic heterocycles. The van der Waals surface area contributed by atoms with Gasteiger partial charge in [-0.3, -0.25) is 0 Å². The van der Waals surface area contributed by atoms with Gasteiger partial charge in [-0.2, -0.15) is 0 Å². The molecule has 0 fully saturated rings. The smallest absolute Gasteiger partial charge is 1.00 e. The van der Waals surface area contributed by atoms with E-state index in [-0.39, 0.29) is 53.4 Å². The Kier molecular flexibility index (Phi) is 13.5. The average Bonchev–Trinajstić information content (AvgIpc) is 0.722. The summed E-state index contributed by atoms with van der Waals surface area (Å²) in [6.07, 6.45) is 0. The zero-order valence-corrected chi connectivity index (χ0v) is 8.07. The molecule has 0 bridgehead atoms. The van der Waals surface area contributed by atoms with Gasteiger partial charge in [-0.05, 0) is 0 Å². The predicted octanol–water partition coefficient (Wildman–Crippen LogP) is -5.49. The Bertz CT molecular complexity index is 31.5. The average molecular weight is 228 g/mol. The fraction of sp³-hybridized carbons (Fsp3) is 0. The van der Waals surface area contributed by atoms with Crippen LogP contribution in [0, 0.1) is 0 Å². The first-order valence-corrected chi connectivity index (χ1v) is 2.68. The third-order valence-corrected chi connectivity index (χ3v) is 0. The Hall–Kier alpha value is 1.80. The van der Waals surface area contributed by atoms with Crippen molar-refractivity contribution in [2.75, 3.05) is 0 Å². The van der Waals surface area contributed by atoms with Gasteiger partial charge in [0.25, 0.3) is 0 Å². The summed E-state index contributed by atoms with van der Waals surface area (Å²) >= 11 is 0. The maximum Gasteiger partial charge on any atom is 1.00 e. The molecule has 0 unspecified atom stereocenters. The molecule has 0 saturated heterocycles. The van der Waals surface area contributed by atoms with Gasteiger partial charge in [0.15, 0.2) is 0 Å². The van der Waals surface area contributed by atoms with Gasteiger partial charge in [-0.1, -0.05) is 0 Å². The molecule has 7 heavy (non-hydrogen) atoms. The minimum Gasteiger partial charge on any atom is -1.00 e. The molecule has 1 radical (unpaired) electrons. The quantitative estimate of drug-likeness (QED) is 0.312. The standard InChI is InChI=1S/Ag.Na.H4O4Si.H/c;;1-5(2,3)4;/h;;1-4H;/q;+1;;-1. The number of hydrogen-bond acceptors (Lipinski definition) is 4. The molecule has 45 valence electrons. The van der Waals surface area contributed by atoms with Crippen LogP contribution < -0.4 is 29.6 Å². The first-order valence-electron chi connectivity index (χ1n) is 0.894. The van der Waals surface area contributed by atoms with Crippen LogP contribution in [0.2, 0.25) is 0 Å². The Morgan fingerprint density at radius 3 is 1.00 bits per heavy atom. The van der Waals surface area contributed by atoms with Crippen molar-refractivity contribution in [3.8, 4) is 0 Å². The third kappa shape index (κ3) is 81.1. The molecule has 0 saturated carbocycles. The van der Waals surface area contributed by atoms with E-state index in [0.29, 0.717) is 0 Å². The predicted molar refractivity (Wildman–Crippen MR) is 15.7 cm³/mol. The van der Waals surface area contributed by atoms with Crippen molar-refractivity contribution >= 4 is 9.05 Å². The number of rotatable bonds is 0. The molecule has 0 atom stereocenters. The van der Waals surface area contributed by atoms with Crippen LogP contribution in [-0.4, -0.2) is 28.2 Å². The van der Waals surface area contributed by atoms with Crippen molar-refractivity contribution in [1.82, 2.24) is 0 Å². The minimum atomic E-state index is -4.61. The van der Waals surface area contributed by atoms with Crippen molar-refractivity contribution in [2.45, 2.75) is 0 Å². The van der Waals surface area contributed by atoms with Crippen molar-refractivity contribution in [3.63, 3.8) is 0 Å². The van der Waals surface area contributed by atoms with E-state index in [4.69, 9.17) is 19.2 Å². The summed E-state index contributed by atoms with van der Waals surface area (Å²) in [4.78, 5) is 29.3. The van der Waals surface area contributed by atoms with Gasteiger partial charge >= 0.3 is 38.6 Å². The largest absolute Gasteiger partial charge is 1.00 e. The zero-order valence-electron chi connectivity index (χ0n) is 4.59. The molecule has 4 nitrogen and oxygen atoms in total. The second-order valence-corrected chi connectivity index (χ2v) is 1.80. The Balaban J connectivity index is -0.0000000267. The van der Waals surface area contributed by atoms with Gasteiger partial charge in [-0.25, -0.2) is 0 Å². The fourth-order valence-corrected chi connectivity index (χ4v) is 0. The Morgan fingerprint density at radius 2 is 1.00 bits per heavy atom. The summed E-state index contributed by atoms with van der Waals surface area (Å²) in [6.45, 7) is 0. The molecule has 7 heteroatoms. The summed E-state index contributed by atoms with van der Waals surface area (Å²) in [5, 5.41) is 0. The summed E-state index contributed by atoms with van der Waals surface area (Å²) in [7, 11) is -4.61. The Labute approximate surface area is 81.0 Å². The van der Waals surface area contributed by atoms with Crippen molar-refractivity contribution in [2.24, 2.45) is 0 Å². The number of hydrogen-bond donors (Lipinski definition) is 4. The summed E-state index contributed by atoms with van der Waals surface area (Å²) in [5.74, 6) is 0. The summed E-state index contributed by atoms with van der Waals surface area (Å²) in [5.41, 5.74) is 0. The first kappa shape index (κ1) is 15.9. The van der Waals surface area contributed by atoms with Crippen LogP contribution in [0.5, 0.6) is 0 Å². The maximum atomic E-state index is 7.33. The molecule has 0 aliphatic carbocycles. The normalized spacial score (nSPS) is 8.57. The van der Waals surface area contributed by atoms with Crippen LogP contribution in [0.4, 0.5) is 0 Å². The molecule has 0 spiro atoms. The molecular weight excluding hydrogens is 223 g/mol. The summed E-state index contributed by atoms with van der Waals surface area (Å²) < 4.78 is 0. The van der Waals surface area contributed by atoms with Crippen molar-refractivity contribution in [3.05, 3.63) is 0 Å². The van der Waals surface area contributed by atoms with E-state index < -0.39 is 9.05 Å². The van der Waals surface area contributed by atoms with Gasteiger partial charge < -0.3 is 20.6 Å². The topological polar surface area (TPSA) is 80.9 Å². The van der Waals surface area contributed by atoms with E-state index in [2.05, 4.69) is 0 Å². The first-order chi connectivity index (χ1) is 2.00. The van der Waals surface area contributed by atoms with Gasteiger partial charge in [0.1, 0.15) is 0 Å². The van der Waals surface area contributed by atoms with Crippen molar-refractivity contribution in [1.29, 1.82) is 0 Å². The van der Waals surface area contributed by atoms with Crippen LogP contribution in [-0.2, 0) is 22.4 Å². The van der Waals surface area contributed by atoms with E-state index in [1.165, 1.54) is 0 Å². The zero-order chi connectivity index (χ0) is 4.50. The minimum absolute atomic E-state index is 0. The SMILES string of the molecule is O[Si](O)(O)O.[Ag].[H-].[Na+]. The van der Waals surface area contributed by atoms with E-state index in [1.54, 1.807) is 0 Å². The fourth-order valence-electron chi connectivity index (χ4n) is 0. The molecule has 0 heterocycles. The molecular formula is H5AgNaO4Si. The van der Waals surface area contributed by atoms with E-state index in [9.17, 15) is 0 Å². The Morgan fingerprint density at radius 1 is 1.00 bits per heavy atom. The molecule has 0 aromatic carbocycles. The molecule has 0 rings (SSSR count). The van der Waals surface area contributed by atoms with Gasteiger partial charge in [-0.15, -0.1) is 0 Å². The second-order valence-electron chi connectivity index (χ2n) is 0.600. The van der Waals surface area contributed by atoms with E-state index in [1.807, 2.05) is 0 Å². The maximum absolute atomic E-state index is 7.33. The van der Waals surface area contributed by atoms with Crippen LogP contribution in [0.25, 0.3) is 0 Å². The van der Waals surface area contributed by atoms with E-state index in [0.717, 1.165) is 0 Å². The molecule has 0 aromatic rings. The molecule has 0 aliphatic rings. The van der Waals surface area contributed by atoms with E-state index >= 15 is 0 Å². The molecule has 0 aliphatic heterocycles. The van der Waals surface area contributed by atoms with Crippen LogP contribution >= 0.6 is 0 Å². The van der Waals surface area contributed by atoms with Gasteiger partial charge in [0.2, 0.25) is 0 Å². The van der Waals surface area contributed by atoms with Crippen LogP contribution in [0.15, 0.2) is 0 Å². The monoisotopic (exact) mass is 227 g/mol. The van der Waals surface area contributed by atoms with Crippen LogP contribution in [0.1, 0.15) is 1.43 Å². The molecule has 0 amide bonds. The summed E-state index contributed by atoms with van der Waals surface area (Å²) in [6, 6.07) is 0.